The summed E-state index contributed by atoms with van der Waals surface area (Å²) in [5.74, 6) is -1.82. The predicted octanol–water partition coefficient (Wildman–Crippen LogP) is 3.46. The van der Waals surface area contributed by atoms with Gasteiger partial charge in [-0.2, -0.15) is 0 Å². The summed E-state index contributed by atoms with van der Waals surface area (Å²) < 4.78 is 14.7. The summed E-state index contributed by atoms with van der Waals surface area (Å²) in [6.07, 6.45) is 0.00520. The van der Waals surface area contributed by atoms with Gasteiger partial charge in [-0.3, -0.25) is 14.4 Å². The Labute approximate surface area is 200 Å². The van der Waals surface area contributed by atoms with Gasteiger partial charge in [-0.05, 0) is 47.6 Å². The van der Waals surface area contributed by atoms with E-state index in [0.29, 0.717) is 22.3 Å². The lowest BCUT2D eigenvalue weighted by molar-refractivity contribution is -0.130. The van der Waals surface area contributed by atoms with E-state index in [1.807, 2.05) is 20.8 Å². The summed E-state index contributed by atoms with van der Waals surface area (Å²) in [4.78, 5) is 37.7. The number of rotatable bonds is 7. The van der Waals surface area contributed by atoms with Crippen molar-refractivity contribution >= 4 is 17.6 Å². The van der Waals surface area contributed by atoms with Crippen LogP contribution in [0.3, 0.4) is 0 Å². The van der Waals surface area contributed by atoms with E-state index in [9.17, 15) is 23.9 Å². The summed E-state index contributed by atoms with van der Waals surface area (Å²) in [5.41, 5.74) is 0.881. The summed E-state index contributed by atoms with van der Waals surface area (Å²) in [6.45, 7) is 9.30. The fourth-order valence-corrected chi connectivity index (χ4v) is 4.06. The third-order valence-electron chi connectivity index (χ3n) is 6.13. The molecule has 0 radical (unpaired) electrons. The Hall–Kier alpha value is -3.06. The number of hydrogen-bond acceptors (Lipinski definition) is 4. The van der Waals surface area contributed by atoms with Gasteiger partial charge in [0.05, 0.1) is 11.5 Å². The molecule has 1 saturated heterocycles. The van der Waals surface area contributed by atoms with Gasteiger partial charge in [-0.1, -0.05) is 57.2 Å². The number of nitrogens with one attached hydrogen (secondary N) is 2. The SMILES string of the molecule is CC(C)(C)c1ccc(CC(=O)[C@H](NC(=O)[C@H]2CNC(=O)C2)c2ccc(C(C)(C)O)cc2)cc1F. The van der Waals surface area contributed by atoms with Gasteiger partial charge < -0.3 is 15.7 Å². The van der Waals surface area contributed by atoms with Crippen LogP contribution in [0.5, 0.6) is 0 Å². The number of amides is 2. The summed E-state index contributed by atoms with van der Waals surface area (Å²) in [7, 11) is 0. The van der Waals surface area contributed by atoms with Crippen molar-refractivity contribution in [2.75, 3.05) is 6.54 Å². The van der Waals surface area contributed by atoms with Crippen molar-refractivity contribution in [1.82, 2.24) is 10.6 Å². The van der Waals surface area contributed by atoms with Gasteiger partial charge in [0.1, 0.15) is 11.9 Å². The number of halogens is 1. The van der Waals surface area contributed by atoms with Crippen LogP contribution in [0, 0.1) is 11.7 Å². The minimum absolute atomic E-state index is 0.0681. The van der Waals surface area contributed by atoms with Gasteiger partial charge >= 0.3 is 0 Å². The van der Waals surface area contributed by atoms with Crippen LogP contribution < -0.4 is 10.6 Å². The molecule has 2 aromatic carbocycles. The molecule has 3 rings (SSSR count). The highest BCUT2D eigenvalue weighted by atomic mass is 19.1. The van der Waals surface area contributed by atoms with Crippen molar-refractivity contribution in [2.24, 2.45) is 5.92 Å². The molecule has 6 nitrogen and oxygen atoms in total. The monoisotopic (exact) mass is 468 g/mol. The van der Waals surface area contributed by atoms with Gasteiger partial charge in [-0.25, -0.2) is 4.39 Å². The zero-order valence-corrected chi connectivity index (χ0v) is 20.4. The minimum Gasteiger partial charge on any atom is -0.386 e. The molecule has 34 heavy (non-hydrogen) atoms. The van der Waals surface area contributed by atoms with Crippen LogP contribution in [0.15, 0.2) is 42.5 Å². The average molecular weight is 469 g/mol. The van der Waals surface area contributed by atoms with E-state index < -0.39 is 23.5 Å². The fourth-order valence-electron chi connectivity index (χ4n) is 4.06. The molecular weight excluding hydrogens is 435 g/mol. The summed E-state index contributed by atoms with van der Waals surface area (Å²) in [6, 6.07) is 10.6. The van der Waals surface area contributed by atoms with E-state index in [-0.39, 0.29) is 42.3 Å². The molecule has 0 bridgehead atoms. The Morgan fingerprint density at radius 3 is 2.26 bits per heavy atom. The average Bonchev–Trinajstić information content (AvgIpc) is 3.17. The second-order valence-corrected chi connectivity index (χ2v) is 10.5. The van der Waals surface area contributed by atoms with Crippen molar-refractivity contribution in [1.29, 1.82) is 0 Å². The van der Waals surface area contributed by atoms with Crippen LogP contribution in [0.4, 0.5) is 4.39 Å². The van der Waals surface area contributed by atoms with Gasteiger partial charge in [0.15, 0.2) is 5.78 Å². The maximum absolute atomic E-state index is 14.7. The molecule has 182 valence electrons. The van der Waals surface area contributed by atoms with Gasteiger partial charge in [-0.15, -0.1) is 0 Å². The Bertz CT molecular complexity index is 1080. The second-order valence-electron chi connectivity index (χ2n) is 10.5. The molecule has 0 aromatic heterocycles. The number of Topliss-reactive ketones (excluding diaryl/α,β-unsaturated/α-hetero) is 1. The highest BCUT2D eigenvalue weighted by molar-refractivity contribution is 5.94. The van der Waals surface area contributed by atoms with Gasteiger partial charge in [0.25, 0.3) is 0 Å². The normalized spacial score (nSPS) is 17.3. The Kier molecular flexibility index (Phi) is 7.26. The smallest absolute Gasteiger partial charge is 0.226 e. The molecule has 1 aliphatic heterocycles. The van der Waals surface area contributed by atoms with E-state index in [1.165, 1.54) is 6.07 Å². The number of carbonyl (C=O) groups is 3. The van der Waals surface area contributed by atoms with Crippen molar-refractivity contribution in [3.8, 4) is 0 Å². The molecule has 2 aromatic rings. The standard InChI is InChI=1S/C27H33FN2O4/c1-26(2,3)20-11-6-16(12-21(20)28)13-22(31)24(30-25(33)18-14-23(32)29-15-18)17-7-9-19(10-8-17)27(4,5)34/h6-12,18,24,34H,13-15H2,1-5H3,(H,29,32)(H,30,33)/t18-,24-/m1/s1. The van der Waals surface area contributed by atoms with Crippen molar-refractivity contribution in [3.05, 3.63) is 70.5 Å². The lowest BCUT2D eigenvalue weighted by Crippen LogP contribution is -2.39. The Morgan fingerprint density at radius 2 is 1.76 bits per heavy atom. The van der Waals surface area contributed by atoms with Crippen molar-refractivity contribution in [3.63, 3.8) is 0 Å². The number of hydrogen-bond donors (Lipinski definition) is 3. The topological polar surface area (TPSA) is 95.5 Å². The van der Waals surface area contributed by atoms with Gasteiger partial charge in [0, 0.05) is 19.4 Å². The molecule has 0 aliphatic carbocycles. The predicted molar refractivity (Wildman–Crippen MR) is 127 cm³/mol. The first-order valence-electron chi connectivity index (χ1n) is 11.5. The Morgan fingerprint density at radius 1 is 1.12 bits per heavy atom. The quantitative estimate of drug-likeness (QED) is 0.580. The highest BCUT2D eigenvalue weighted by Crippen LogP contribution is 2.27. The van der Waals surface area contributed by atoms with Crippen LogP contribution in [0.25, 0.3) is 0 Å². The molecule has 0 spiro atoms. The Balaban J connectivity index is 1.86. The number of ketones is 1. The summed E-state index contributed by atoms with van der Waals surface area (Å²) >= 11 is 0. The largest absolute Gasteiger partial charge is 0.386 e. The molecule has 1 fully saturated rings. The van der Waals surface area contributed by atoms with E-state index in [2.05, 4.69) is 10.6 Å². The molecule has 3 N–H and O–H groups in total. The number of aliphatic hydroxyl groups is 1. The molecular formula is C27H33FN2O4. The van der Waals surface area contributed by atoms with Crippen LogP contribution in [0.2, 0.25) is 0 Å². The molecule has 1 heterocycles. The van der Waals surface area contributed by atoms with E-state index >= 15 is 0 Å². The maximum Gasteiger partial charge on any atom is 0.226 e. The van der Waals surface area contributed by atoms with Crippen LogP contribution in [-0.2, 0) is 31.8 Å². The molecule has 7 heteroatoms. The van der Waals surface area contributed by atoms with Crippen LogP contribution in [0.1, 0.15) is 69.3 Å². The third kappa shape index (κ3) is 6.08. The zero-order valence-electron chi connectivity index (χ0n) is 20.4. The molecule has 2 atom stereocenters. The fraction of sp³-hybridized carbons (Fsp3) is 0.444. The van der Waals surface area contributed by atoms with Crippen LogP contribution in [-0.4, -0.2) is 29.2 Å². The molecule has 2 amide bonds. The van der Waals surface area contributed by atoms with Gasteiger partial charge in [0.2, 0.25) is 11.8 Å². The maximum atomic E-state index is 14.7. The zero-order chi connectivity index (χ0) is 25.3. The van der Waals surface area contributed by atoms with Crippen LogP contribution >= 0.6 is 0 Å². The number of carbonyl (C=O) groups excluding carboxylic acids is 3. The number of benzene rings is 2. The first kappa shape index (κ1) is 25.6. The van der Waals surface area contributed by atoms with Crippen molar-refractivity contribution < 1.29 is 23.9 Å². The highest BCUT2D eigenvalue weighted by Gasteiger charge is 2.32. The summed E-state index contributed by atoms with van der Waals surface area (Å²) in [5, 5.41) is 15.6. The lowest BCUT2D eigenvalue weighted by Gasteiger charge is -2.23. The lowest BCUT2D eigenvalue weighted by atomic mass is 9.85. The second kappa shape index (κ2) is 9.66. The first-order chi connectivity index (χ1) is 15.8. The van der Waals surface area contributed by atoms with E-state index in [1.54, 1.807) is 50.2 Å². The van der Waals surface area contributed by atoms with E-state index in [0.717, 1.165) is 0 Å². The minimum atomic E-state index is -1.05. The molecule has 0 saturated carbocycles. The molecule has 0 unspecified atom stereocenters. The third-order valence-corrected chi connectivity index (χ3v) is 6.13. The van der Waals surface area contributed by atoms with E-state index in [4.69, 9.17) is 0 Å². The van der Waals surface area contributed by atoms with Crippen molar-refractivity contribution in [2.45, 2.75) is 64.5 Å². The first-order valence-corrected chi connectivity index (χ1v) is 11.5. The molecule has 1 aliphatic rings.